The Morgan fingerprint density at radius 2 is 2.08 bits per heavy atom. The van der Waals surface area contributed by atoms with Crippen LogP contribution in [-0.4, -0.2) is 12.7 Å². The van der Waals surface area contributed by atoms with Crippen LogP contribution in [0.25, 0.3) is 0 Å². The third-order valence-corrected chi connectivity index (χ3v) is 2.92. The smallest absolute Gasteiger partial charge is 0.0626 e. The molecule has 1 saturated heterocycles. The van der Waals surface area contributed by atoms with Crippen molar-refractivity contribution >= 4 is 0 Å². The van der Waals surface area contributed by atoms with Crippen LogP contribution in [0.5, 0.6) is 0 Å². The Bertz CT molecular complexity index is 131. The van der Waals surface area contributed by atoms with E-state index in [1.54, 1.807) is 0 Å². The fourth-order valence-electron chi connectivity index (χ4n) is 2.27. The van der Waals surface area contributed by atoms with E-state index in [4.69, 9.17) is 4.74 Å². The summed E-state index contributed by atoms with van der Waals surface area (Å²) in [7, 11) is 0. The SMILES string of the molecule is CCC1CC(C)COC1C(C)C. The molecule has 0 aromatic rings. The Kier molecular flexibility index (Phi) is 3.57. The van der Waals surface area contributed by atoms with Crippen LogP contribution in [0.3, 0.4) is 0 Å². The van der Waals surface area contributed by atoms with Gasteiger partial charge < -0.3 is 4.74 Å². The summed E-state index contributed by atoms with van der Waals surface area (Å²) >= 11 is 0. The van der Waals surface area contributed by atoms with Crippen molar-refractivity contribution in [3.05, 3.63) is 0 Å². The predicted molar refractivity (Wildman–Crippen MR) is 52.1 cm³/mol. The summed E-state index contributed by atoms with van der Waals surface area (Å²) in [6.45, 7) is 10.1. The van der Waals surface area contributed by atoms with Gasteiger partial charge in [0.05, 0.1) is 6.10 Å². The van der Waals surface area contributed by atoms with Gasteiger partial charge in [0, 0.05) is 6.61 Å². The molecule has 1 fully saturated rings. The van der Waals surface area contributed by atoms with Gasteiger partial charge in [0.25, 0.3) is 0 Å². The highest BCUT2D eigenvalue weighted by molar-refractivity contribution is 4.78. The van der Waals surface area contributed by atoms with Crippen molar-refractivity contribution in [2.24, 2.45) is 17.8 Å². The van der Waals surface area contributed by atoms with Crippen molar-refractivity contribution in [3.63, 3.8) is 0 Å². The lowest BCUT2D eigenvalue weighted by molar-refractivity contribution is -0.0759. The van der Waals surface area contributed by atoms with Gasteiger partial charge in [-0.1, -0.05) is 34.1 Å². The van der Waals surface area contributed by atoms with Crippen molar-refractivity contribution in [2.45, 2.75) is 46.6 Å². The van der Waals surface area contributed by atoms with E-state index in [9.17, 15) is 0 Å². The zero-order valence-electron chi connectivity index (χ0n) is 8.84. The first-order valence-corrected chi connectivity index (χ1v) is 5.26. The van der Waals surface area contributed by atoms with Crippen molar-refractivity contribution < 1.29 is 4.74 Å². The summed E-state index contributed by atoms with van der Waals surface area (Å²) in [5, 5.41) is 0. The molecule has 1 nitrogen and oxygen atoms in total. The molecule has 1 aliphatic rings. The first-order valence-electron chi connectivity index (χ1n) is 5.26. The Morgan fingerprint density at radius 1 is 1.42 bits per heavy atom. The number of rotatable bonds is 2. The highest BCUT2D eigenvalue weighted by Gasteiger charge is 2.29. The summed E-state index contributed by atoms with van der Waals surface area (Å²) < 4.78 is 5.86. The fraction of sp³-hybridized carbons (Fsp3) is 1.00. The molecule has 12 heavy (non-hydrogen) atoms. The van der Waals surface area contributed by atoms with Crippen LogP contribution in [0.1, 0.15) is 40.5 Å². The minimum atomic E-state index is 0.520. The molecule has 0 aromatic heterocycles. The first kappa shape index (κ1) is 10.0. The summed E-state index contributed by atoms with van der Waals surface area (Å²) in [5.74, 6) is 2.25. The molecule has 1 aliphatic heterocycles. The maximum Gasteiger partial charge on any atom is 0.0626 e. The normalized spacial score (nSPS) is 37.2. The molecule has 0 N–H and O–H groups in total. The van der Waals surface area contributed by atoms with Crippen molar-refractivity contribution in [1.29, 1.82) is 0 Å². The van der Waals surface area contributed by atoms with E-state index < -0.39 is 0 Å². The van der Waals surface area contributed by atoms with Crippen LogP contribution >= 0.6 is 0 Å². The van der Waals surface area contributed by atoms with Gasteiger partial charge in [-0.2, -0.15) is 0 Å². The molecule has 3 atom stereocenters. The van der Waals surface area contributed by atoms with E-state index in [1.165, 1.54) is 12.8 Å². The molecule has 0 saturated carbocycles. The second-order valence-corrected chi connectivity index (χ2v) is 4.55. The van der Waals surface area contributed by atoms with Crippen LogP contribution in [0.2, 0.25) is 0 Å². The molecular formula is C11H22O. The van der Waals surface area contributed by atoms with Crippen molar-refractivity contribution in [3.8, 4) is 0 Å². The lowest BCUT2D eigenvalue weighted by atomic mass is 9.82. The topological polar surface area (TPSA) is 9.23 Å². The lowest BCUT2D eigenvalue weighted by Crippen LogP contribution is -2.36. The van der Waals surface area contributed by atoms with Gasteiger partial charge in [0.15, 0.2) is 0 Å². The molecule has 0 aliphatic carbocycles. The molecule has 1 rings (SSSR count). The van der Waals surface area contributed by atoms with Crippen LogP contribution in [0.4, 0.5) is 0 Å². The second kappa shape index (κ2) is 4.27. The van der Waals surface area contributed by atoms with Gasteiger partial charge in [-0.05, 0) is 24.2 Å². The fourth-order valence-corrected chi connectivity index (χ4v) is 2.27. The van der Waals surface area contributed by atoms with Crippen LogP contribution in [0, 0.1) is 17.8 Å². The highest BCUT2D eigenvalue weighted by atomic mass is 16.5. The predicted octanol–water partition coefficient (Wildman–Crippen LogP) is 3.09. The summed E-state index contributed by atoms with van der Waals surface area (Å²) in [4.78, 5) is 0. The minimum Gasteiger partial charge on any atom is -0.377 e. The Hall–Kier alpha value is -0.0400. The largest absolute Gasteiger partial charge is 0.377 e. The third-order valence-electron chi connectivity index (χ3n) is 2.92. The zero-order chi connectivity index (χ0) is 9.14. The van der Waals surface area contributed by atoms with Gasteiger partial charge in [-0.15, -0.1) is 0 Å². The Balaban J connectivity index is 2.50. The zero-order valence-corrected chi connectivity index (χ0v) is 8.84. The van der Waals surface area contributed by atoms with E-state index in [1.807, 2.05) is 0 Å². The number of hydrogen-bond acceptors (Lipinski definition) is 1. The summed E-state index contributed by atoms with van der Waals surface area (Å²) in [6, 6.07) is 0. The van der Waals surface area contributed by atoms with Gasteiger partial charge in [-0.25, -0.2) is 0 Å². The number of hydrogen-bond donors (Lipinski definition) is 0. The van der Waals surface area contributed by atoms with E-state index in [0.717, 1.165) is 18.4 Å². The van der Waals surface area contributed by atoms with Crippen molar-refractivity contribution in [2.75, 3.05) is 6.61 Å². The summed E-state index contributed by atoms with van der Waals surface area (Å²) in [5.41, 5.74) is 0. The van der Waals surface area contributed by atoms with Crippen LogP contribution in [0.15, 0.2) is 0 Å². The molecule has 72 valence electrons. The van der Waals surface area contributed by atoms with Gasteiger partial charge in [-0.3, -0.25) is 0 Å². The van der Waals surface area contributed by atoms with Gasteiger partial charge in [0.2, 0.25) is 0 Å². The van der Waals surface area contributed by atoms with Crippen LogP contribution in [-0.2, 0) is 4.74 Å². The standard InChI is InChI=1S/C11H22O/c1-5-10-6-9(4)7-12-11(10)8(2)3/h8-11H,5-7H2,1-4H3. The lowest BCUT2D eigenvalue weighted by Gasteiger charge is -2.36. The van der Waals surface area contributed by atoms with E-state index in [-0.39, 0.29) is 0 Å². The van der Waals surface area contributed by atoms with Gasteiger partial charge >= 0.3 is 0 Å². The molecule has 0 radical (unpaired) electrons. The first-order chi connectivity index (χ1) is 5.65. The maximum absolute atomic E-state index is 5.86. The monoisotopic (exact) mass is 170 g/mol. The minimum absolute atomic E-state index is 0.520. The third kappa shape index (κ3) is 2.22. The Labute approximate surface area is 76.5 Å². The molecule has 1 heterocycles. The molecule has 3 unspecified atom stereocenters. The summed E-state index contributed by atoms with van der Waals surface area (Å²) in [6.07, 6.45) is 3.15. The highest BCUT2D eigenvalue weighted by Crippen LogP contribution is 2.31. The second-order valence-electron chi connectivity index (χ2n) is 4.55. The van der Waals surface area contributed by atoms with E-state index in [0.29, 0.717) is 12.0 Å². The molecular weight excluding hydrogens is 148 g/mol. The molecule has 1 heteroatoms. The van der Waals surface area contributed by atoms with Crippen LogP contribution < -0.4 is 0 Å². The maximum atomic E-state index is 5.86. The average Bonchev–Trinajstić information content (AvgIpc) is 2.03. The molecule has 0 amide bonds. The molecule has 0 spiro atoms. The van der Waals surface area contributed by atoms with E-state index in [2.05, 4.69) is 27.7 Å². The Morgan fingerprint density at radius 3 is 2.58 bits per heavy atom. The average molecular weight is 170 g/mol. The van der Waals surface area contributed by atoms with E-state index >= 15 is 0 Å². The molecule has 0 bridgehead atoms. The van der Waals surface area contributed by atoms with Crippen molar-refractivity contribution in [1.82, 2.24) is 0 Å². The number of ether oxygens (including phenoxy) is 1. The van der Waals surface area contributed by atoms with Gasteiger partial charge in [0.1, 0.15) is 0 Å². The molecule has 0 aromatic carbocycles. The quantitative estimate of drug-likeness (QED) is 0.619.